The zero-order chi connectivity index (χ0) is 17.8. The standard InChI is InChI=1S/C19H18BrN3O2/c1-13-18(11-21-23(13)2)22-19(24)15-5-3-4-14(10-15)12-25-17-8-6-16(20)7-9-17/h3-11H,12H2,1-2H3,(H,22,24). The molecule has 0 saturated heterocycles. The van der Waals surface area contributed by atoms with Crippen molar-refractivity contribution in [1.29, 1.82) is 0 Å². The summed E-state index contributed by atoms with van der Waals surface area (Å²) in [6.07, 6.45) is 1.65. The van der Waals surface area contributed by atoms with Gasteiger partial charge in [-0.15, -0.1) is 0 Å². The maximum absolute atomic E-state index is 12.4. The molecule has 1 heterocycles. The number of ether oxygens (including phenoxy) is 1. The fourth-order valence-electron chi connectivity index (χ4n) is 2.32. The van der Waals surface area contributed by atoms with Crippen LogP contribution in [0.3, 0.4) is 0 Å². The largest absolute Gasteiger partial charge is 0.489 e. The number of benzene rings is 2. The fraction of sp³-hybridized carbons (Fsp3) is 0.158. The van der Waals surface area contributed by atoms with Crippen molar-refractivity contribution in [3.8, 4) is 5.75 Å². The van der Waals surface area contributed by atoms with E-state index in [0.29, 0.717) is 17.9 Å². The average Bonchev–Trinajstić information content (AvgIpc) is 2.93. The van der Waals surface area contributed by atoms with E-state index < -0.39 is 0 Å². The van der Waals surface area contributed by atoms with Crippen molar-refractivity contribution in [2.24, 2.45) is 7.05 Å². The van der Waals surface area contributed by atoms with Gasteiger partial charge in [0, 0.05) is 17.1 Å². The van der Waals surface area contributed by atoms with Crippen molar-refractivity contribution < 1.29 is 9.53 Å². The number of hydrogen-bond acceptors (Lipinski definition) is 3. The van der Waals surface area contributed by atoms with Crippen LogP contribution in [-0.2, 0) is 13.7 Å². The Morgan fingerprint density at radius 1 is 1.24 bits per heavy atom. The van der Waals surface area contributed by atoms with Gasteiger partial charge >= 0.3 is 0 Å². The van der Waals surface area contributed by atoms with Gasteiger partial charge in [0.25, 0.3) is 5.91 Å². The SMILES string of the molecule is Cc1c(NC(=O)c2cccc(COc3ccc(Br)cc3)c2)cnn1C. The molecular weight excluding hydrogens is 382 g/mol. The maximum atomic E-state index is 12.4. The Morgan fingerprint density at radius 3 is 2.68 bits per heavy atom. The predicted molar refractivity (Wildman–Crippen MR) is 101 cm³/mol. The van der Waals surface area contributed by atoms with Crippen LogP contribution in [0.25, 0.3) is 0 Å². The summed E-state index contributed by atoms with van der Waals surface area (Å²) in [5.41, 5.74) is 3.13. The van der Waals surface area contributed by atoms with Crippen LogP contribution in [0.5, 0.6) is 5.75 Å². The van der Waals surface area contributed by atoms with Gasteiger partial charge in [-0.05, 0) is 48.9 Å². The van der Waals surface area contributed by atoms with Gasteiger partial charge in [-0.2, -0.15) is 5.10 Å². The number of amides is 1. The van der Waals surface area contributed by atoms with Gasteiger partial charge in [-0.25, -0.2) is 0 Å². The molecule has 0 radical (unpaired) electrons. The monoisotopic (exact) mass is 399 g/mol. The van der Waals surface area contributed by atoms with Crippen LogP contribution in [-0.4, -0.2) is 15.7 Å². The minimum atomic E-state index is -0.165. The Labute approximate surface area is 154 Å². The molecule has 5 nitrogen and oxygen atoms in total. The molecule has 0 aliphatic heterocycles. The van der Waals surface area contributed by atoms with Gasteiger partial charge in [-0.3, -0.25) is 9.48 Å². The van der Waals surface area contributed by atoms with Crippen molar-refractivity contribution in [2.75, 3.05) is 5.32 Å². The lowest BCUT2D eigenvalue weighted by atomic mass is 10.1. The van der Waals surface area contributed by atoms with Crippen molar-refractivity contribution in [3.63, 3.8) is 0 Å². The molecule has 0 spiro atoms. The minimum Gasteiger partial charge on any atom is -0.489 e. The number of nitrogens with one attached hydrogen (secondary N) is 1. The highest BCUT2D eigenvalue weighted by Crippen LogP contribution is 2.18. The van der Waals surface area contributed by atoms with E-state index in [1.54, 1.807) is 16.9 Å². The summed E-state index contributed by atoms with van der Waals surface area (Å²) in [7, 11) is 1.84. The molecule has 0 aliphatic carbocycles. The molecule has 0 unspecified atom stereocenters. The van der Waals surface area contributed by atoms with Crippen molar-refractivity contribution in [3.05, 3.63) is 76.0 Å². The zero-order valence-electron chi connectivity index (χ0n) is 14.0. The van der Waals surface area contributed by atoms with Crippen LogP contribution in [0.1, 0.15) is 21.6 Å². The van der Waals surface area contributed by atoms with E-state index in [-0.39, 0.29) is 5.91 Å². The van der Waals surface area contributed by atoms with E-state index in [4.69, 9.17) is 4.74 Å². The Morgan fingerprint density at radius 2 is 2.00 bits per heavy atom. The Balaban J connectivity index is 1.67. The van der Waals surface area contributed by atoms with E-state index in [1.165, 1.54) is 0 Å². The number of carbonyl (C=O) groups excluding carboxylic acids is 1. The highest BCUT2D eigenvalue weighted by atomic mass is 79.9. The molecule has 1 aromatic heterocycles. The van der Waals surface area contributed by atoms with E-state index in [2.05, 4.69) is 26.3 Å². The molecule has 0 saturated carbocycles. The molecule has 0 aliphatic rings. The van der Waals surface area contributed by atoms with Gasteiger partial charge in [0.1, 0.15) is 12.4 Å². The van der Waals surface area contributed by atoms with Crippen LogP contribution < -0.4 is 10.1 Å². The first kappa shape index (κ1) is 17.2. The number of carbonyl (C=O) groups is 1. The third-order valence-electron chi connectivity index (χ3n) is 3.89. The lowest BCUT2D eigenvalue weighted by Crippen LogP contribution is -2.13. The number of hydrogen-bond donors (Lipinski definition) is 1. The molecule has 3 rings (SSSR count). The average molecular weight is 400 g/mol. The maximum Gasteiger partial charge on any atom is 0.255 e. The van der Waals surface area contributed by atoms with Gasteiger partial charge < -0.3 is 10.1 Å². The third-order valence-corrected chi connectivity index (χ3v) is 4.42. The topological polar surface area (TPSA) is 56.1 Å². The molecule has 1 N–H and O–H groups in total. The molecule has 128 valence electrons. The van der Waals surface area contributed by atoms with Crippen LogP contribution in [0.4, 0.5) is 5.69 Å². The number of aryl methyl sites for hydroxylation is 1. The van der Waals surface area contributed by atoms with E-state index in [0.717, 1.165) is 21.5 Å². The predicted octanol–water partition coefficient (Wildman–Crippen LogP) is 4.32. The van der Waals surface area contributed by atoms with Crippen LogP contribution in [0.2, 0.25) is 0 Å². The highest BCUT2D eigenvalue weighted by Gasteiger charge is 2.11. The summed E-state index contributed by atoms with van der Waals surface area (Å²) in [5, 5.41) is 7.01. The molecule has 6 heteroatoms. The fourth-order valence-corrected chi connectivity index (χ4v) is 2.58. The summed E-state index contributed by atoms with van der Waals surface area (Å²) < 4.78 is 8.48. The molecule has 2 aromatic carbocycles. The summed E-state index contributed by atoms with van der Waals surface area (Å²) in [5.74, 6) is 0.616. The normalized spacial score (nSPS) is 10.5. The van der Waals surface area contributed by atoms with Gasteiger partial charge in [0.2, 0.25) is 0 Å². The van der Waals surface area contributed by atoms with Crippen LogP contribution >= 0.6 is 15.9 Å². The second-order valence-corrected chi connectivity index (χ2v) is 6.58. The number of rotatable bonds is 5. The number of aromatic nitrogens is 2. The molecule has 0 atom stereocenters. The van der Waals surface area contributed by atoms with Crippen LogP contribution in [0, 0.1) is 6.92 Å². The second kappa shape index (κ2) is 7.53. The van der Waals surface area contributed by atoms with E-state index in [9.17, 15) is 4.79 Å². The molecule has 0 bridgehead atoms. The first-order valence-corrected chi connectivity index (χ1v) is 8.59. The van der Waals surface area contributed by atoms with Gasteiger partial charge in [-0.1, -0.05) is 28.1 Å². The minimum absolute atomic E-state index is 0.165. The molecule has 25 heavy (non-hydrogen) atoms. The second-order valence-electron chi connectivity index (χ2n) is 5.66. The molecule has 3 aromatic rings. The van der Waals surface area contributed by atoms with Gasteiger partial charge in [0.05, 0.1) is 17.6 Å². The zero-order valence-corrected chi connectivity index (χ0v) is 15.6. The highest BCUT2D eigenvalue weighted by molar-refractivity contribution is 9.10. The van der Waals surface area contributed by atoms with Crippen molar-refractivity contribution in [2.45, 2.75) is 13.5 Å². The number of anilines is 1. The third kappa shape index (κ3) is 4.28. The number of halogens is 1. The summed E-state index contributed by atoms with van der Waals surface area (Å²) in [6.45, 7) is 2.31. The quantitative estimate of drug-likeness (QED) is 0.694. The summed E-state index contributed by atoms with van der Waals surface area (Å²) >= 11 is 3.39. The number of nitrogens with zero attached hydrogens (tertiary/aromatic N) is 2. The van der Waals surface area contributed by atoms with Crippen molar-refractivity contribution >= 4 is 27.5 Å². The first-order chi connectivity index (χ1) is 12.0. The summed E-state index contributed by atoms with van der Waals surface area (Å²) in [4.78, 5) is 12.4. The Kier molecular flexibility index (Phi) is 5.19. The Bertz CT molecular complexity index is 888. The van der Waals surface area contributed by atoms with Gasteiger partial charge in [0.15, 0.2) is 0 Å². The molecule has 1 amide bonds. The lowest BCUT2D eigenvalue weighted by molar-refractivity contribution is 0.102. The van der Waals surface area contributed by atoms with E-state index >= 15 is 0 Å². The van der Waals surface area contributed by atoms with E-state index in [1.807, 2.05) is 56.4 Å². The smallest absolute Gasteiger partial charge is 0.255 e. The van der Waals surface area contributed by atoms with Crippen LogP contribution in [0.15, 0.2) is 59.2 Å². The summed E-state index contributed by atoms with van der Waals surface area (Å²) in [6, 6.07) is 15.0. The molecular formula is C19H18BrN3O2. The first-order valence-electron chi connectivity index (χ1n) is 7.80. The van der Waals surface area contributed by atoms with Crippen molar-refractivity contribution in [1.82, 2.24) is 9.78 Å². The molecule has 0 fully saturated rings. The lowest BCUT2D eigenvalue weighted by Gasteiger charge is -2.09. The Hall–Kier alpha value is -2.60.